The zero-order chi connectivity index (χ0) is 12.4. The average Bonchev–Trinajstić information content (AvgIpc) is 2.73. The average molecular weight is 299 g/mol. The van der Waals surface area contributed by atoms with Crippen molar-refractivity contribution in [3.8, 4) is 0 Å². The molecule has 1 fully saturated rings. The van der Waals surface area contributed by atoms with Crippen LogP contribution in [0.4, 0.5) is 5.69 Å². The molecule has 0 spiro atoms. The van der Waals surface area contributed by atoms with Crippen molar-refractivity contribution in [2.45, 2.75) is 32.0 Å². The van der Waals surface area contributed by atoms with Crippen LogP contribution < -0.4 is 10.6 Å². The smallest absolute Gasteiger partial charge is 0.0750 e. The van der Waals surface area contributed by atoms with Gasteiger partial charge in [-0.1, -0.05) is 15.9 Å². The molecule has 0 radical (unpaired) electrons. The number of hydrogen-bond acceptors (Lipinski definition) is 3. The molecule has 17 heavy (non-hydrogen) atoms. The van der Waals surface area contributed by atoms with Gasteiger partial charge < -0.3 is 15.4 Å². The number of halogens is 1. The Bertz CT molecular complexity index is 397. The molecule has 2 atom stereocenters. The summed E-state index contributed by atoms with van der Waals surface area (Å²) in [5.41, 5.74) is 8.05. The molecule has 1 aromatic carbocycles. The number of hydrogen-bond donors (Lipinski definition) is 1. The molecular weight excluding hydrogens is 280 g/mol. The Kier molecular flexibility index (Phi) is 4.07. The van der Waals surface area contributed by atoms with Crippen LogP contribution in [0.5, 0.6) is 0 Å². The minimum atomic E-state index is 0.292. The van der Waals surface area contributed by atoms with Gasteiger partial charge in [-0.3, -0.25) is 0 Å². The second-order valence-corrected chi connectivity index (χ2v) is 5.48. The van der Waals surface area contributed by atoms with Gasteiger partial charge in [-0.05, 0) is 37.1 Å². The molecule has 2 rings (SSSR count). The van der Waals surface area contributed by atoms with Crippen LogP contribution in [0.1, 0.15) is 18.9 Å². The zero-order valence-corrected chi connectivity index (χ0v) is 11.9. The van der Waals surface area contributed by atoms with Crippen LogP contribution in [0.2, 0.25) is 0 Å². The highest BCUT2D eigenvalue weighted by molar-refractivity contribution is 9.10. The highest BCUT2D eigenvalue weighted by Gasteiger charge is 2.28. The van der Waals surface area contributed by atoms with Crippen molar-refractivity contribution in [3.05, 3.63) is 28.2 Å². The molecular formula is C13H19BrN2O. The maximum absolute atomic E-state index is 5.70. The van der Waals surface area contributed by atoms with Crippen LogP contribution >= 0.6 is 15.9 Å². The largest absolute Gasteiger partial charge is 0.376 e. The standard InChI is InChI=1S/C13H19BrN2O/c1-9-13(3-4-17-9)16(2)12-6-10(8-15)5-11(14)7-12/h5-7,9,13H,3-4,8,15H2,1-2H3. The van der Waals surface area contributed by atoms with Crippen LogP contribution in [0, 0.1) is 0 Å². The van der Waals surface area contributed by atoms with Gasteiger partial charge >= 0.3 is 0 Å². The minimum absolute atomic E-state index is 0.292. The van der Waals surface area contributed by atoms with Crippen LogP contribution in [0.3, 0.4) is 0 Å². The summed E-state index contributed by atoms with van der Waals surface area (Å²) >= 11 is 3.53. The molecule has 3 nitrogen and oxygen atoms in total. The summed E-state index contributed by atoms with van der Waals surface area (Å²) in [6.07, 6.45) is 1.38. The SMILES string of the molecule is CC1OCCC1N(C)c1cc(Br)cc(CN)c1. The molecule has 4 heteroatoms. The number of nitrogens with zero attached hydrogens (tertiary/aromatic N) is 1. The van der Waals surface area contributed by atoms with E-state index in [0.717, 1.165) is 23.1 Å². The molecule has 1 heterocycles. The first-order valence-corrected chi connectivity index (χ1v) is 6.75. The maximum atomic E-state index is 5.70. The molecule has 2 N–H and O–H groups in total. The Morgan fingerprint density at radius 3 is 2.82 bits per heavy atom. The summed E-state index contributed by atoms with van der Waals surface area (Å²) < 4.78 is 6.69. The van der Waals surface area contributed by atoms with Gasteiger partial charge in [0.2, 0.25) is 0 Å². The lowest BCUT2D eigenvalue weighted by Crippen LogP contribution is -2.36. The van der Waals surface area contributed by atoms with Gasteiger partial charge in [0.05, 0.1) is 12.1 Å². The lowest BCUT2D eigenvalue weighted by Gasteiger charge is -2.29. The van der Waals surface area contributed by atoms with Crippen molar-refractivity contribution in [1.29, 1.82) is 0 Å². The summed E-state index contributed by atoms with van der Waals surface area (Å²) in [4.78, 5) is 2.29. The van der Waals surface area contributed by atoms with Gasteiger partial charge in [0, 0.05) is 30.4 Å². The van der Waals surface area contributed by atoms with Crippen molar-refractivity contribution in [3.63, 3.8) is 0 Å². The number of nitrogens with two attached hydrogens (primary N) is 1. The third-order valence-electron chi connectivity index (χ3n) is 3.42. The summed E-state index contributed by atoms with van der Waals surface area (Å²) in [5.74, 6) is 0. The molecule has 0 bridgehead atoms. The van der Waals surface area contributed by atoms with Crippen LogP contribution in [-0.4, -0.2) is 25.8 Å². The Hall–Kier alpha value is -0.580. The number of rotatable bonds is 3. The Morgan fingerprint density at radius 2 is 2.24 bits per heavy atom. The van der Waals surface area contributed by atoms with Crippen molar-refractivity contribution in [2.75, 3.05) is 18.6 Å². The van der Waals surface area contributed by atoms with E-state index in [9.17, 15) is 0 Å². The van der Waals surface area contributed by atoms with Gasteiger partial charge in [-0.2, -0.15) is 0 Å². The van der Waals surface area contributed by atoms with Gasteiger partial charge in [0.1, 0.15) is 0 Å². The zero-order valence-electron chi connectivity index (χ0n) is 10.3. The highest BCUT2D eigenvalue weighted by atomic mass is 79.9. The molecule has 1 aliphatic heterocycles. The highest BCUT2D eigenvalue weighted by Crippen LogP contribution is 2.27. The maximum Gasteiger partial charge on any atom is 0.0750 e. The van der Waals surface area contributed by atoms with E-state index in [4.69, 9.17) is 10.5 Å². The molecule has 1 aliphatic rings. The van der Waals surface area contributed by atoms with Gasteiger partial charge in [0.15, 0.2) is 0 Å². The van der Waals surface area contributed by atoms with E-state index >= 15 is 0 Å². The molecule has 0 aliphatic carbocycles. The van der Waals surface area contributed by atoms with Crippen LogP contribution in [0.15, 0.2) is 22.7 Å². The van der Waals surface area contributed by atoms with Crippen LogP contribution in [0.25, 0.3) is 0 Å². The van der Waals surface area contributed by atoms with E-state index in [2.05, 4.69) is 53.0 Å². The third-order valence-corrected chi connectivity index (χ3v) is 3.88. The number of anilines is 1. The molecule has 2 unspecified atom stereocenters. The first kappa shape index (κ1) is 12.9. The molecule has 1 saturated heterocycles. The Labute approximate surface area is 111 Å². The summed E-state index contributed by atoms with van der Waals surface area (Å²) in [6.45, 7) is 3.56. The van der Waals surface area contributed by atoms with E-state index in [-0.39, 0.29) is 0 Å². The first-order valence-electron chi connectivity index (χ1n) is 5.96. The predicted octanol–water partition coefficient (Wildman–Crippen LogP) is 2.52. The first-order chi connectivity index (χ1) is 8.11. The second-order valence-electron chi connectivity index (χ2n) is 4.56. The third kappa shape index (κ3) is 2.81. The van der Waals surface area contributed by atoms with E-state index in [1.54, 1.807) is 0 Å². The summed E-state index contributed by atoms with van der Waals surface area (Å²) in [6, 6.07) is 6.79. The van der Waals surface area contributed by atoms with Crippen molar-refractivity contribution in [1.82, 2.24) is 0 Å². The summed E-state index contributed by atoms with van der Waals surface area (Å²) in [7, 11) is 2.12. The fraction of sp³-hybridized carbons (Fsp3) is 0.538. The Morgan fingerprint density at radius 1 is 1.47 bits per heavy atom. The van der Waals surface area contributed by atoms with E-state index in [1.165, 1.54) is 5.69 Å². The van der Waals surface area contributed by atoms with E-state index < -0.39 is 0 Å². The minimum Gasteiger partial charge on any atom is -0.376 e. The fourth-order valence-electron chi connectivity index (χ4n) is 2.38. The molecule has 1 aromatic rings. The molecule has 94 valence electrons. The van der Waals surface area contributed by atoms with Gasteiger partial charge in [0.25, 0.3) is 0 Å². The molecule has 0 aromatic heterocycles. The predicted molar refractivity (Wildman–Crippen MR) is 74.3 cm³/mol. The number of likely N-dealkylation sites (N-methyl/N-ethyl adjacent to an activating group) is 1. The molecule has 0 saturated carbocycles. The van der Waals surface area contributed by atoms with Gasteiger partial charge in [-0.15, -0.1) is 0 Å². The van der Waals surface area contributed by atoms with Crippen LogP contribution in [-0.2, 0) is 11.3 Å². The lowest BCUT2D eigenvalue weighted by atomic mass is 10.1. The van der Waals surface area contributed by atoms with Crippen molar-refractivity contribution in [2.24, 2.45) is 5.73 Å². The van der Waals surface area contributed by atoms with E-state index in [1.807, 2.05) is 0 Å². The van der Waals surface area contributed by atoms with E-state index in [0.29, 0.717) is 18.7 Å². The number of benzene rings is 1. The monoisotopic (exact) mass is 298 g/mol. The van der Waals surface area contributed by atoms with Crippen molar-refractivity contribution >= 4 is 21.6 Å². The lowest BCUT2D eigenvalue weighted by molar-refractivity contribution is 0.118. The fourth-order valence-corrected chi connectivity index (χ4v) is 2.90. The second kappa shape index (κ2) is 5.38. The topological polar surface area (TPSA) is 38.5 Å². The normalized spacial score (nSPS) is 24.0. The summed E-state index contributed by atoms with van der Waals surface area (Å²) in [5, 5.41) is 0. The Balaban J connectivity index is 2.23. The quantitative estimate of drug-likeness (QED) is 0.932. The van der Waals surface area contributed by atoms with Crippen molar-refractivity contribution < 1.29 is 4.74 Å². The van der Waals surface area contributed by atoms with Gasteiger partial charge in [-0.25, -0.2) is 0 Å². The molecule has 0 amide bonds. The number of ether oxygens (including phenoxy) is 1.